The molecule has 1 saturated carbocycles. The van der Waals surface area contributed by atoms with Crippen molar-refractivity contribution in [3.05, 3.63) is 0 Å². The fourth-order valence-corrected chi connectivity index (χ4v) is 2.63. The van der Waals surface area contributed by atoms with E-state index in [1.807, 2.05) is 0 Å². The standard InChI is InChI=1S/C9H15NO2/c11-7-4-12-9-6(5-1-2-5)3-10-8(7)9/h5-11H,1-4H2. The summed E-state index contributed by atoms with van der Waals surface area (Å²) >= 11 is 0. The monoisotopic (exact) mass is 169 g/mol. The Morgan fingerprint density at radius 1 is 1.33 bits per heavy atom. The SMILES string of the molecule is OC1COC2C(C3CC3)CNC12. The molecule has 0 amide bonds. The van der Waals surface area contributed by atoms with Gasteiger partial charge in [0, 0.05) is 12.5 Å². The van der Waals surface area contributed by atoms with Crippen LogP contribution in [0.5, 0.6) is 0 Å². The normalized spacial score (nSPS) is 52.8. The first kappa shape index (κ1) is 7.30. The molecule has 12 heavy (non-hydrogen) atoms. The van der Waals surface area contributed by atoms with Crippen molar-refractivity contribution >= 4 is 0 Å². The van der Waals surface area contributed by atoms with Gasteiger partial charge < -0.3 is 15.2 Å². The van der Waals surface area contributed by atoms with Crippen LogP contribution in [0.2, 0.25) is 0 Å². The van der Waals surface area contributed by atoms with E-state index in [0.717, 1.165) is 12.5 Å². The highest BCUT2D eigenvalue weighted by Crippen LogP contribution is 2.43. The number of fused-ring (bicyclic) bond motifs is 1. The molecule has 3 rings (SSSR count). The molecular weight excluding hydrogens is 154 g/mol. The van der Waals surface area contributed by atoms with Gasteiger partial charge in [0.25, 0.3) is 0 Å². The smallest absolute Gasteiger partial charge is 0.0951 e. The Morgan fingerprint density at radius 2 is 2.17 bits per heavy atom. The molecule has 0 bridgehead atoms. The van der Waals surface area contributed by atoms with Gasteiger partial charge in [-0.15, -0.1) is 0 Å². The molecule has 3 nitrogen and oxygen atoms in total. The maximum Gasteiger partial charge on any atom is 0.0951 e. The van der Waals surface area contributed by atoms with Crippen LogP contribution in [0, 0.1) is 11.8 Å². The van der Waals surface area contributed by atoms with E-state index in [-0.39, 0.29) is 12.1 Å². The van der Waals surface area contributed by atoms with E-state index >= 15 is 0 Å². The highest BCUT2D eigenvalue weighted by atomic mass is 16.5. The summed E-state index contributed by atoms with van der Waals surface area (Å²) in [7, 11) is 0. The Balaban J connectivity index is 1.75. The first-order chi connectivity index (χ1) is 5.86. The van der Waals surface area contributed by atoms with Gasteiger partial charge in [-0.25, -0.2) is 0 Å². The van der Waals surface area contributed by atoms with Crippen LogP contribution in [-0.2, 0) is 4.74 Å². The van der Waals surface area contributed by atoms with Crippen LogP contribution < -0.4 is 5.32 Å². The first-order valence-electron chi connectivity index (χ1n) is 4.89. The Labute approximate surface area is 72.1 Å². The minimum atomic E-state index is -0.265. The van der Waals surface area contributed by atoms with Gasteiger partial charge in [0.2, 0.25) is 0 Å². The predicted octanol–water partition coefficient (Wildman–Crippen LogP) is -0.256. The third-order valence-electron chi connectivity index (χ3n) is 3.47. The van der Waals surface area contributed by atoms with Gasteiger partial charge in [0.1, 0.15) is 0 Å². The molecule has 3 heteroatoms. The fourth-order valence-electron chi connectivity index (χ4n) is 2.63. The number of aliphatic hydroxyl groups is 1. The molecule has 0 radical (unpaired) electrons. The van der Waals surface area contributed by atoms with Crippen molar-refractivity contribution in [2.45, 2.75) is 31.1 Å². The van der Waals surface area contributed by atoms with Gasteiger partial charge in [0.15, 0.2) is 0 Å². The number of hydrogen-bond acceptors (Lipinski definition) is 3. The van der Waals surface area contributed by atoms with Crippen LogP contribution in [0.3, 0.4) is 0 Å². The summed E-state index contributed by atoms with van der Waals surface area (Å²) in [5.41, 5.74) is 0. The van der Waals surface area contributed by atoms with E-state index < -0.39 is 0 Å². The second-order valence-corrected chi connectivity index (χ2v) is 4.30. The minimum absolute atomic E-state index is 0.232. The van der Waals surface area contributed by atoms with E-state index in [0.29, 0.717) is 18.6 Å². The summed E-state index contributed by atoms with van der Waals surface area (Å²) in [4.78, 5) is 0. The molecule has 68 valence electrons. The Morgan fingerprint density at radius 3 is 2.92 bits per heavy atom. The maximum absolute atomic E-state index is 9.53. The third-order valence-corrected chi connectivity index (χ3v) is 3.47. The van der Waals surface area contributed by atoms with Gasteiger partial charge in [-0.05, 0) is 18.8 Å². The lowest BCUT2D eigenvalue weighted by molar-refractivity contribution is 0.0573. The average molecular weight is 169 g/mol. The van der Waals surface area contributed by atoms with Gasteiger partial charge in [0.05, 0.1) is 24.9 Å². The summed E-state index contributed by atoms with van der Waals surface area (Å²) in [5.74, 6) is 1.57. The Bertz CT molecular complexity index is 193. The average Bonchev–Trinajstić information content (AvgIpc) is 2.71. The second kappa shape index (κ2) is 2.44. The second-order valence-electron chi connectivity index (χ2n) is 4.30. The highest BCUT2D eigenvalue weighted by molar-refractivity contribution is 5.03. The van der Waals surface area contributed by atoms with E-state index in [4.69, 9.17) is 4.74 Å². The van der Waals surface area contributed by atoms with Crippen LogP contribution in [0.15, 0.2) is 0 Å². The van der Waals surface area contributed by atoms with Crippen molar-refractivity contribution in [2.75, 3.05) is 13.2 Å². The molecule has 2 saturated heterocycles. The molecule has 2 heterocycles. The summed E-state index contributed by atoms with van der Waals surface area (Å²) in [6.45, 7) is 1.59. The topological polar surface area (TPSA) is 41.5 Å². The summed E-state index contributed by atoms with van der Waals surface area (Å²) in [6.07, 6.45) is 2.79. The lowest BCUT2D eigenvalue weighted by atomic mass is 9.96. The number of rotatable bonds is 1. The third kappa shape index (κ3) is 0.934. The number of aliphatic hydroxyl groups excluding tert-OH is 1. The Hall–Kier alpha value is -0.120. The van der Waals surface area contributed by atoms with Crippen LogP contribution in [-0.4, -0.2) is 36.5 Å². The number of nitrogens with one attached hydrogen (secondary N) is 1. The molecule has 0 spiro atoms. The number of hydrogen-bond donors (Lipinski definition) is 2. The molecule has 0 aromatic heterocycles. The van der Waals surface area contributed by atoms with Crippen molar-refractivity contribution < 1.29 is 9.84 Å². The summed E-state index contributed by atoms with van der Waals surface area (Å²) < 4.78 is 5.59. The van der Waals surface area contributed by atoms with E-state index in [2.05, 4.69) is 5.32 Å². The molecule has 0 aromatic rings. The minimum Gasteiger partial charge on any atom is -0.389 e. The van der Waals surface area contributed by atoms with E-state index in [1.165, 1.54) is 12.8 Å². The molecule has 2 N–H and O–H groups in total. The first-order valence-corrected chi connectivity index (χ1v) is 4.89. The van der Waals surface area contributed by atoms with Crippen LogP contribution in [0.4, 0.5) is 0 Å². The predicted molar refractivity (Wildman–Crippen MR) is 43.8 cm³/mol. The largest absolute Gasteiger partial charge is 0.389 e. The van der Waals surface area contributed by atoms with E-state index in [1.54, 1.807) is 0 Å². The lowest BCUT2D eigenvalue weighted by Gasteiger charge is -2.15. The molecule has 4 atom stereocenters. The molecular formula is C9H15NO2. The zero-order valence-electron chi connectivity index (χ0n) is 7.07. The van der Waals surface area contributed by atoms with Crippen molar-refractivity contribution in [3.63, 3.8) is 0 Å². The molecule has 2 aliphatic heterocycles. The van der Waals surface area contributed by atoms with Crippen molar-refractivity contribution in [2.24, 2.45) is 11.8 Å². The highest BCUT2D eigenvalue weighted by Gasteiger charge is 2.50. The van der Waals surface area contributed by atoms with Crippen molar-refractivity contribution in [1.29, 1.82) is 0 Å². The van der Waals surface area contributed by atoms with Gasteiger partial charge in [-0.3, -0.25) is 0 Å². The van der Waals surface area contributed by atoms with E-state index in [9.17, 15) is 5.11 Å². The Kier molecular flexibility index (Phi) is 1.48. The number of ether oxygens (including phenoxy) is 1. The lowest BCUT2D eigenvalue weighted by Crippen LogP contribution is -2.36. The zero-order chi connectivity index (χ0) is 8.13. The quantitative estimate of drug-likeness (QED) is 0.568. The maximum atomic E-state index is 9.53. The zero-order valence-corrected chi connectivity index (χ0v) is 7.07. The van der Waals surface area contributed by atoms with Crippen LogP contribution >= 0.6 is 0 Å². The van der Waals surface area contributed by atoms with Crippen LogP contribution in [0.1, 0.15) is 12.8 Å². The van der Waals surface area contributed by atoms with Gasteiger partial charge in [-0.1, -0.05) is 0 Å². The van der Waals surface area contributed by atoms with Crippen LogP contribution in [0.25, 0.3) is 0 Å². The van der Waals surface area contributed by atoms with Gasteiger partial charge in [-0.2, -0.15) is 0 Å². The fraction of sp³-hybridized carbons (Fsp3) is 1.00. The van der Waals surface area contributed by atoms with Gasteiger partial charge >= 0.3 is 0 Å². The molecule has 3 aliphatic rings. The summed E-state index contributed by atoms with van der Waals surface area (Å²) in [5, 5.41) is 12.9. The van der Waals surface area contributed by atoms with Crippen molar-refractivity contribution in [1.82, 2.24) is 5.32 Å². The molecule has 3 fully saturated rings. The molecule has 1 aliphatic carbocycles. The summed E-state index contributed by atoms with van der Waals surface area (Å²) in [6, 6.07) is 0.232. The van der Waals surface area contributed by atoms with Crippen molar-refractivity contribution in [3.8, 4) is 0 Å². The molecule has 0 aromatic carbocycles. The molecule has 4 unspecified atom stereocenters.